The lowest BCUT2D eigenvalue weighted by Crippen LogP contribution is -2.49. The fraction of sp³-hybridized carbons (Fsp3) is 0.867. The Hall–Kier alpha value is -0.560. The van der Waals surface area contributed by atoms with Gasteiger partial charge in [-0.1, -0.05) is 72.1 Å². The minimum atomic E-state index is -0.254. The zero-order valence-electron chi connectivity index (χ0n) is 21.5. The number of hydrogen-bond donors (Lipinski definition) is 1. The third kappa shape index (κ3) is 3.79. The van der Waals surface area contributed by atoms with Gasteiger partial charge in [0, 0.05) is 0 Å². The molecule has 1 unspecified atom stereocenters. The summed E-state index contributed by atoms with van der Waals surface area (Å²) in [5, 5.41) is 10.4. The largest absolute Gasteiger partial charge is 0.389 e. The molecule has 3 fully saturated rings. The Bertz CT molecular complexity index is 716. The van der Waals surface area contributed by atoms with Crippen molar-refractivity contribution in [1.29, 1.82) is 0 Å². The Morgan fingerprint density at radius 1 is 0.968 bits per heavy atom. The number of aliphatic hydroxyl groups is 1. The van der Waals surface area contributed by atoms with Gasteiger partial charge in [-0.2, -0.15) is 0 Å². The minimum absolute atomic E-state index is 0.254. The van der Waals surface area contributed by atoms with E-state index >= 15 is 0 Å². The molecule has 4 rings (SSSR count). The fourth-order valence-corrected chi connectivity index (χ4v) is 9.17. The molecule has 0 aromatic carbocycles. The number of rotatable bonds is 6. The molecule has 1 N–H and O–H groups in total. The van der Waals surface area contributed by atoms with Gasteiger partial charge in [0.1, 0.15) is 0 Å². The summed E-state index contributed by atoms with van der Waals surface area (Å²) in [5.74, 6) is 4.74. The number of fused-ring (bicyclic) bond motifs is 4. The zero-order valence-corrected chi connectivity index (χ0v) is 21.5. The van der Waals surface area contributed by atoms with Crippen molar-refractivity contribution in [1.82, 2.24) is 0 Å². The second-order valence-corrected chi connectivity index (χ2v) is 12.9. The molecule has 0 amide bonds. The first-order valence-corrected chi connectivity index (χ1v) is 13.7. The molecule has 0 spiro atoms. The molecular formula is C30H50O. The van der Waals surface area contributed by atoms with Crippen molar-refractivity contribution in [3.63, 3.8) is 0 Å². The maximum Gasteiger partial charge on any atom is 0.0750 e. The summed E-state index contributed by atoms with van der Waals surface area (Å²) >= 11 is 0. The summed E-state index contributed by atoms with van der Waals surface area (Å²) in [5.41, 5.74) is 5.72. The van der Waals surface area contributed by atoms with E-state index in [1.165, 1.54) is 64.2 Å². The highest BCUT2D eigenvalue weighted by molar-refractivity contribution is 5.36. The molecule has 0 aliphatic heterocycles. The fourth-order valence-electron chi connectivity index (χ4n) is 9.17. The van der Waals surface area contributed by atoms with Crippen molar-refractivity contribution >= 4 is 0 Å². The second kappa shape index (κ2) is 8.66. The van der Waals surface area contributed by atoms with E-state index in [-0.39, 0.29) is 6.10 Å². The maximum atomic E-state index is 10.4. The minimum Gasteiger partial charge on any atom is -0.389 e. The zero-order chi connectivity index (χ0) is 22.6. The highest BCUT2D eigenvalue weighted by Gasteiger charge is 2.56. The summed E-state index contributed by atoms with van der Waals surface area (Å²) in [6.07, 6.45) is 14.1. The van der Waals surface area contributed by atoms with Crippen LogP contribution in [0.1, 0.15) is 112 Å². The molecular weight excluding hydrogens is 376 g/mol. The monoisotopic (exact) mass is 426 g/mol. The molecule has 8 atom stereocenters. The van der Waals surface area contributed by atoms with Crippen LogP contribution in [0.2, 0.25) is 0 Å². The van der Waals surface area contributed by atoms with Crippen LogP contribution in [0.3, 0.4) is 0 Å². The first-order valence-electron chi connectivity index (χ1n) is 13.7. The summed E-state index contributed by atoms with van der Waals surface area (Å²) < 4.78 is 0. The van der Waals surface area contributed by atoms with Gasteiger partial charge >= 0.3 is 0 Å². The quantitative estimate of drug-likeness (QED) is 0.423. The average molecular weight is 427 g/mol. The van der Waals surface area contributed by atoms with Crippen molar-refractivity contribution in [3.05, 3.63) is 23.3 Å². The van der Waals surface area contributed by atoms with Crippen LogP contribution in [-0.2, 0) is 0 Å². The Morgan fingerprint density at radius 2 is 1.71 bits per heavy atom. The van der Waals surface area contributed by atoms with Crippen molar-refractivity contribution in [2.45, 2.75) is 118 Å². The van der Waals surface area contributed by atoms with Crippen LogP contribution in [0.25, 0.3) is 0 Å². The number of aliphatic hydroxyl groups excluding tert-OH is 1. The van der Waals surface area contributed by atoms with Gasteiger partial charge in [0.25, 0.3) is 0 Å². The van der Waals surface area contributed by atoms with Crippen LogP contribution in [0.5, 0.6) is 0 Å². The van der Waals surface area contributed by atoms with E-state index in [0.29, 0.717) is 16.7 Å². The average Bonchev–Trinajstić information content (AvgIpc) is 3.08. The third-order valence-electron chi connectivity index (χ3n) is 11.2. The lowest BCUT2D eigenvalue weighted by atomic mass is 9.48. The topological polar surface area (TPSA) is 20.2 Å². The van der Waals surface area contributed by atoms with Crippen molar-refractivity contribution < 1.29 is 5.11 Å². The lowest BCUT2D eigenvalue weighted by molar-refractivity contribution is 0.00280. The molecule has 1 heteroatoms. The van der Waals surface area contributed by atoms with Crippen molar-refractivity contribution in [2.75, 3.05) is 0 Å². The number of hydrogen-bond acceptors (Lipinski definition) is 1. The van der Waals surface area contributed by atoms with Gasteiger partial charge in [-0.25, -0.2) is 0 Å². The molecule has 0 aromatic heterocycles. The van der Waals surface area contributed by atoms with E-state index in [2.05, 4.69) is 48.1 Å². The molecule has 1 nitrogen and oxygen atoms in total. The van der Waals surface area contributed by atoms with Crippen LogP contribution < -0.4 is 0 Å². The SMILES string of the molecule is C=C1[C@@H](O)CC[C@]2(C)C3CC[C@@]4(C)C(=C3CC[C@@H]12)CC[C@@H]4[C@H](C)CC[C@H](CC)C(C)C. The van der Waals surface area contributed by atoms with Gasteiger partial charge in [-0.05, 0) is 110 Å². The molecule has 0 heterocycles. The summed E-state index contributed by atoms with van der Waals surface area (Å²) in [6.45, 7) is 19.3. The van der Waals surface area contributed by atoms with Gasteiger partial charge in [0.05, 0.1) is 6.10 Å². The first-order chi connectivity index (χ1) is 14.6. The van der Waals surface area contributed by atoms with Crippen LogP contribution in [0, 0.1) is 46.3 Å². The molecule has 0 aromatic rings. The van der Waals surface area contributed by atoms with Gasteiger partial charge in [0.2, 0.25) is 0 Å². The predicted molar refractivity (Wildman–Crippen MR) is 133 cm³/mol. The Morgan fingerprint density at radius 3 is 2.39 bits per heavy atom. The normalized spacial score (nSPS) is 42.3. The maximum absolute atomic E-state index is 10.4. The smallest absolute Gasteiger partial charge is 0.0750 e. The van der Waals surface area contributed by atoms with E-state index in [4.69, 9.17) is 0 Å². The lowest BCUT2D eigenvalue weighted by Gasteiger charge is -2.57. The van der Waals surface area contributed by atoms with Crippen LogP contribution in [-0.4, -0.2) is 11.2 Å². The molecule has 3 saturated carbocycles. The molecule has 0 radical (unpaired) electrons. The Labute approximate surface area is 193 Å². The van der Waals surface area contributed by atoms with E-state index in [1.807, 2.05) is 11.1 Å². The van der Waals surface area contributed by atoms with E-state index in [0.717, 1.165) is 41.6 Å². The molecule has 4 aliphatic rings. The van der Waals surface area contributed by atoms with Crippen LogP contribution in [0.4, 0.5) is 0 Å². The summed E-state index contributed by atoms with van der Waals surface area (Å²) in [7, 11) is 0. The van der Waals surface area contributed by atoms with Crippen molar-refractivity contribution in [3.8, 4) is 0 Å². The third-order valence-corrected chi connectivity index (χ3v) is 11.2. The summed E-state index contributed by atoms with van der Waals surface area (Å²) in [4.78, 5) is 0. The van der Waals surface area contributed by atoms with Crippen LogP contribution >= 0.6 is 0 Å². The van der Waals surface area contributed by atoms with Gasteiger partial charge in [0.15, 0.2) is 0 Å². The van der Waals surface area contributed by atoms with Crippen LogP contribution in [0.15, 0.2) is 23.3 Å². The van der Waals surface area contributed by atoms with Gasteiger partial charge in [-0.15, -0.1) is 0 Å². The Kier molecular flexibility index (Phi) is 6.59. The summed E-state index contributed by atoms with van der Waals surface area (Å²) in [6, 6.07) is 0. The first kappa shape index (κ1) is 23.6. The molecule has 4 aliphatic carbocycles. The number of allylic oxidation sites excluding steroid dienone is 2. The standard InChI is InChI=1S/C30H50O/c1-8-22(19(2)3)10-9-20(4)24-13-14-26-23-11-12-25-21(5)28(31)16-18-30(25,7)27(23)15-17-29(24,26)6/h19-20,22,24-25,27-28,31H,5,8-18H2,1-4,6-7H3/t20-,22+,24-,25+,27?,28+,29-,30+/m1/s1. The second-order valence-electron chi connectivity index (χ2n) is 12.9. The van der Waals surface area contributed by atoms with E-state index in [1.54, 1.807) is 0 Å². The predicted octanol–water partition coefficient (Wildman–Crippen LogP) is 8.34. The highest BCUT2D eigenvalue weighted by Crippen LogP contribution is 2.66. The van der Waals surface area contributed by atoms with Gasteiger partial charge < -0.3 is 5.11 Å². The molecule has 0 bridgehead atoms. The van der Waals surface area contributed by atoms with Crippen molar-refractivity contribution in [2.24, 2.45) is 46.3 Å². The van der Waals surface area contributed by atoms with Gasteiger partial charge in [-0.3, -0.25) is 0 Å². The molecule has 31 heavy (non-hydrogen) atoms. The molecule has 176 valence electrons. The van der Waals surface area contributed by atoms with E-state index in [9.17, 15) is 5.11 Å². The molecule has 0 saturated heterocycles. The van der Waals surface area contributed by atoms with E-state index < -0.39 is 0 Å². The Balaban J connectivity index is 1.54. The highest BCUT2D eigenvalue weighted by atomic mass is 16.3.